The van der Waals surface area contributed by atoms with E-state index in [0.29, 0.717) is 11.5 Å². The van der Waals surface area contributed by atoms with Crippen molar-refractivity contribution in [1.82, 2.24) is 10.2 Å². The molecule has 1 N–H and O–H groups in total. The third-order valence-corrected chi connectivity index (χ3v) is 6.11. The van der Waals surface area contributed by atoms with Gasteiger partial charge in [0.1, 0.15) is 17.5 Å². The van der Waals surface area contributed by atoms with Gasteiger partial charge < -0.3 is 19.7 Å². The van der Waals surface area contributed by atoms with E-state index in [-0.39, 0.29) is 31.0 Å². The van der Waals surface area contributed by atoms with Crippen LogP contribution < -0.4 is 14.8 Å². The number of nitrogens with one attached hydrogen (secondary N) is 1. The van der Waals surface area contributed by atoms with Crippen LogP contribution in [0.5, 0.6) is 11.5 Å². The molecule has 0 aromatic heterocycles. The van der Waals surface area contributed by atoms with E-state index in [1.54, 1.807) is 14.0 Å². The summed E-state index contributed by atoms with van der Waals surface area (Å²) in [6.07, 6.45) is 0. The number of ether oxygens (including phenoxy) is 2. The summed E-state index contributed by atoms with van der Waals surface area (Å²) in [5.41, 5.74) is 2.92. The van der Waals surface area contributed by atoms with Gasteiger partial charge in [0.15, 0.2) is 6.61 Å². The first-order chi connectivity index (χ1) is 14.6. The van der Waals surface area contributed by atoms with Crippen LogP contribution in [0.25, 0.3) is 0 Å². The van der Waals surface area contributed by atoms with E-state index in [9.17, 15) is 9.59 Å². The molecule has 0 saturated carbocycles. The lowest BCUT2D eigenvalue weighted by molar-refractivity contribution is -0.142. The molecule has 2 aromatic carbocycles. The summed E-state index contributed by atoms with van der Waals surface area (Å²) in [6.45, 7) is 9.55. The van der Waals surface area contributed by atoms with Crippen LogP contribution in [0, 0.1) is 13.8 Å². The number of hydrogen-bond donors (Lipinski definition) is 1. The molecule has 0 aliphatic carbocycles. The maximum absolute atomic E-state index is 13.1. The minimum Gasteiger partial charge on any atom is -0.497 e. The van der Waals surface area contributed by atoms with Gasteiger partial charge in [-0.25, -0.2) is 0 Å². The molecule has 0 radical (unpaired) electrons. The average Bonchev–Trinajstić information content (AvgIpc) is 2.73. The van der Waals surface area contributed by atoms with Crippen molar-refractivity contribution in [1.29, 1.82) is 0 Å². The Morgan fingerprint density at radius 2 is 1.71 bits per heavy atom. The lowest BCUT2D eigenvalue weighted by Crippen LogP contribution is -2.50. The third-order valence-electron chi connectivity index (χ3n) is 4.86. The maximum atomic E-state index is 13.1. The molecule has 168 valence electrons. The molecule has 1 atom stereocenters. The van der Waals surface area contributed by atoms with E-state index in [2.05, 4.69) is 21.2 Å². The van der Waals surface area contributed by atoms with Crippen molar-refractivity contribution in [3.8, 4) is 11.5 Å². The number of methoxy groups -OCH3 is 1. The number of carbonyl (C=O) groups excluding carboxylic acids is 2. The van der Waals surface area contributed by atoms with Crippen LogP contribution in [0.3, 0.4) is 0 Å². The summed E-state index contributed by atoms with van der Waals surface area (Å²) in [6, 6.07) is 10.5. The van der Waals surface area contributed by atoms with Gasteiger partial charge in [-0.05, 0) is 75.6 Å². The van der Waals surface area contributed by atoms with E-state index < -0.39 is 6.04 Å². The topological polar surface area (TPSA) is 67.9 Å². The highest BCUT2D eigenvalue weighted by molar-refractivity contribution is 9.10. The van der Waals surface area contributed by atoms with E-state index >= 15 is 0 Å². The summed E-state index contributed by atoms with van der Waals surface area (Å²) in [4.78, 5) is 27.3. The molecule has 0 spiro atoms. The molecule has 2 amide bonds. The van der Waals surface area contributed by atoms with Gasteiger partial charge in [-0.3, -0.25) is 9.59 Å². The van der Waals surface area contributed by atoms with Gasteiger partial charge in [0.05, 0.1) is 7.11 Å². The summed E-state index contributed by atoms with van der Waals surface area (Å²) < 4.78 is 12.1. The van der Waals surface area contributed by atoms with E-state index in [1.165, 1.54) is 4.90 Å². The fourth-order valence-corrected chi connectivity index (χ4v) is 3.40. The third kappa shape index (κ3) is 6.99. The number of hydrogen-bond acceptors (Lipinski definition) is 4. The van der Waals surface area contributed by atoms with Gasteiger partial charge in [0.2, 0.25) is 5.91 Å². The highest BCUT2D eigenvalue weighted by Crippen LogP contribution is 2.26. The van der Waals surface area contributed by atoms with Gasteiger partial charge in [0, 0.05) is 17.1 Å². The summed E-state index contributed by atoms with van der Waals surface area (Å²) >= 11 is 3.53. The Bertz CT molecular complexity index is 907. The molecule has 0 bridgehead atoms. The SMILES string of the molecule is COc1cccc(CN(C(=O)COc2cc(C)c(Br)c(C)c2)[C@H](C)C(=O)NC(C)C)c1. The van der Waals surface area contributed by atoms with Crippen molar-refractivity contribution in [3.05, 3.63) is 57.6 Å². The second kappa shape index (κ2) is 11.2. The van der Waals surface area contributed by atoms with E-state index in [1.807, 2.05) is 64.1 Å². The van der Waals surface area contributed by atoms with Gasteiger partial charge in [-0.15, -0.1) is 0 Å². The van der Waals surface area contributed by atoms with Crippen LogP contribution in [-0.4, -0.2) is 42.5 Å². The molecule has 7 heteroatoms. The van der Waals surface area contributed by atoms with Crippen LogP contribution in [-0.2, 0) is 16.1 Å². The predicted molar refractivity (Wildman–Crippen MR) is 125 cm³/mol. The Kier molecular flexibility index (Phi) is 8.92. The molecular formula is C24H31BrN2O4. The van der Waals surface area contributed by atoms with Gasteiger partial charge in [0.25, 0.3) is 5.91 Å². The minimum atomic E-state index is -0.655. The van der Waals surface area contributed by atoms with Crippen LogP contribution in [0.15, 0.2) is 40.9 Å². The average molecular weight is 491 g/mol. The molecule has 0 fully saturated rings. The largest absolute Gasteiger partial charge is 0.497 e. The Morgan fingerprint density at radius 1 is 1.06 bits per heavy atom. The Hall–Kier alpha value is -2.54. The van der Waals surface area contributed by atoms with Crippen molar-refractivity contribution in [2.24, 2.45) is 0 Å². The number of halogens is 1. The monoisotopic (exact) mass is 490 g/mol. The van der Waals surface area contributed by atoms with Crippen LogP contribution in [0.1, 0.15) is 37.5 Å². The molecular weight excluding hydrogens is 460 g/mol. The normalized spacial score (nSPS) is 11.7. The zero-order valence-corrected chi connectivity index (χ0v) is 20.6. The molecule has 6 nitrogen and oxygen atoms in total. The molecule has 0 heterocycles. The predicted octanol–water partition coefficient (Wildman–Crippen LogP) is 4.40. The van der Waals surface area contributed by atoms with E-state index in [4.69, 9.17) is 9.47 Å². The number of benzene rings is 2. The highest BCUT2D eigenvalue weighted by Gasteiger charge is 2.27. The first-order valence-electron chi connectivity index (χ1n) is 10.2. The molecule has 0 saturated heterocycles. The molecule has 2 rings (SSSR count). The molecule has 2 aromatic rings. The van der Waals surface area contributed by atoms with E-state index in [0.717, 1.165) is 21.2 Å². The Balaban J connectivity index is 2.21. The molecule has 0 aliphatic rings. The van der Waals surface area contributed by atoms with Gasteiger partial charge in [-0.1, -0.05) is 28.1 Å². The molecule has 31 heavy (non-hydrogen) atoms. The number of aryl methyl sites for hydroxylation is 2. The second-order valence-corrected chi connectivity index (χ2v) is 8.67. The fourth-order valence-electron chi connectivity index (χ4n) is 3.17. The standard InChI is InChI=1S/C24H31BrN2O4/c1-15(2)26-24(29)18(5)27(13-19-8-7-9-20(12-19)30-6)22(28)14-31-21-10-16(3)23(25)17(4)11-21/h7-12,15,18H,13-14H2,1-6H3,(H,26,29)/t18-/m1/s1. The fraction of sp³-hybridized carbons (Fsp3) is 0.417. The molecule has 0 unspecified atom stereocenters. The maximum Gasteiger partial charge on any atom is 0.261 e. The van der Waals surface area contributed by atoms with Crippen molar-refractivity contribution in [2.45, 2.75) is 53.2 Å². The van der Waals surface area contributed by atoms with Gasteiger partial charge >= 0.3 is 0 Å². The van der Waals surface area contributed by atoms with Crippen molar-refractivity contribution < 1.29 is 19.1 Å². The number of rotatable bonds is 9. The number of nitrogens with zero attached hydrogens (tertiary/aromatic N) is 1. The quantitative estimate of drug-likeness (QED) is 0.565. The summed E-state index contributed by atoms with van der Waals surface area (Å²) in [5.74, 6) is 0.836. The number of amides is 2. The zero-order valence-electron chi connectivity index (χ0n) is 19.0. The smallest absolute Gasteiger partial charge is 0.261 e. The summed E-state index contributed by atoms with van der Waals surface area (Å²) in [5, 5.41) is 2.88. The van der Waals surface area contributed by atoms with Crippen molar-refractivity contribution in [3.63, 3.8) is 0 Å². The van der Waals surface area contributed by atoms with Crippen molar-refractivity contribution >= 4 is 27.7 Å². The van der Waals surface area contributed by atoms with Crippen LogP contribution >= 0.6 is 15.9 Å². The molecule has 0 aliphatic heterocycles. The lowest BCUT2D eigenvalue weighted by Gasteiger charge is -2.29. The summed E-state index contributed by atoms with van der Waals surface area (Å²) in [7, 11) is 1.59. The second-order valence-electron chi connectivity index (χ2n) is 7.87. The van der Waals surface area contributed by atoms with Crippen molar-refractivity contribution in [2.75, 3.05) is 13.7 Å². The first kappa shape index (κ1) is 24.7. The Labute approximate surface area is 193 Å². The Morgan fingerprint density at radius 3 is 2.29 bits per heavy atom. The van der Waals surface area contributed by atoms with Crippen LogP contribution in [0.2, 0.25) is 0 Å². The van der Waals surface area contributed by atoms with Crippen LogP contribution in [0.4, 0.5) is 0 Å². The zero-order chi connectivity index (χ0) is 23.1. The lowest BCUT2D eigenvalue weighted by atomic mass is 10.1. The number of carbonyl (C=O) groups is 2. The highest BCUT2D eigenvalue weighted by atomic mass is 79.9. The van der Waals surface area contributed by atoms with Gasteiger partial charge in [-0.2, -0.15) is 0 Å². The first-order valence-corrected chi connectivity index (χ1v) is 11.0. The minimum absolute atomic E-state index is 0.0197.